The van der Waals surface area contributed by atoms with Crippen molar-refractivity contribution in [2.45, 2.75) is 51.2 Å². The number of hydrogen-bond donors (Lipinski definition) is 1. The molecule has 2 N–H and O–H groups in total. The van der Waals surface area contributed by atoms with Crippen LogP contribution < -0.4 is 5.73 Å². The van der Waals surface area contributed by atoms with Crippen LogP contribution in [-0.4, -0.2) is 42.8 Å². The van der Waals surface area contributed by atoms with E-state index in [0.717, 1.165) is 19.0 Å². The summed E-state index contributed by atoms with van der Waals surface area (Å²) in [5, 5.41) is 0. The minimum atomic E-state index is 0.111. The summed E-state index contributed by atoms with van der Waals surface area (Å²) in [5.41, 5.74) is 5.82. The number of nitrogens with two attached hydrogens (primary N) is 1. The van der Waals surface area contributed by atoms with E-state index in [9.17, 15) is 0 Å². The van der Waals surface area contributed by atoms with E-state index < -0.39 is 0 Å². The van der Waals surface area contributed by atoms with Crippen LogP contribution in [0.2, 0.25) is 0 Å². The summed E-state index contributed by atoms with van der Waals surface area (Å²) >= 11 is 0. The summed E-state index contributed by atoms with van der Waals surface area (Å²) in [6.45, 7) is 8.81. The number of likely N-dealkylation sites (tertiary alicyclic amines) is 1. The van der Waals surface area contributed by atoms with Crippen molar-refractivity contribution < 1.29 is 4.74 Å². The first-order valence-electron chi connectivity index (χ1n) is 6.69. The van der Waals surface area contributed by atoms with E-state index in [2.05, 4.69) is 18.7 Å². The minimum absolute atomic E-state index is 0.111. The molecule has 0 saturated carbocycles. The van der Waals surface area contributed by atoms with Crippen LogP contribution in [0, 0.1) is 5.92 Å². The summed E-state index contributed by atoms with van der Waals surface area (Å²) in [6, 6.07) is 0. The molecule has 2 rings (SSSR count). The molecule has 2 aliphatic rings. The molecule has 0 radical (unpaired) electrons. The Hall–Kier alpha value is -0.120. The molecule has 2 heterocycles. The maximum absolute atomic E-state index is 6.04. The van der Waals surface area contributed by atoms with E-state index in [0.29, 0.717) is 6.10 Å². The van der Waals surface area contributed by atoms with Crippen molar-refractivity contribution >= 4 is 0 Å². The molecule has 3 heteroatoms. The van der Waals surface area contributed by atoms with Crippen molar-refractivity contribution in [3.05, 3.63) is 0 Å². The molecule has 3 nitrogen and oxygen atoms in total. The number of rotatable bonds is 3. The second-order valence-electron chi connectivity index (χ2n) is 6.02. The van der Waals surface area contributed by atoms with Crippen LogP contribution in [0.5, 0.6) is 0 Å². The van der Waals surface area contributed by atoms with E-state index >= 15 is 0 Å². The first-order chi connectivity index (χ1) is 7.59. The number of hydrogen-bond acceptors (Lipinski definition) is 3. The lowest BCUT2D eigenvalue weighted by molar-refractivity contribution is -0.0318. The molecule has 0 aromatic rings. The van der Waals surface area contributed by atoms with Crippen LogP contribution in [0.25, 0.3) is 0 Å². The third-order valence-electron chi connectivity index (χ3n) is 4.06. The maximum atomic E-state index is 6.04. The summed E-state index contributed by atoms with van der Waals surface area (Å²) in [5.74, 6) is 0.761. The number of nitrogens with zero attached hydrogens (tertiary/aromatic N) is 1. The summed E-state index contributed by atoms with van der Waals surface area (Å²) in [6.07, 6.45) is 5.43. The summed E-state index contributed by atoms with van der Waals surface area (Å²) in [4.78, 5) is 2.55. The van der Waals surface area contributed by atoms with Gasteiger partial charge in [-0.25, -0.2) is 0 Å². The van der Waals surface area contributed by atoms with E-state index in [1.165, 1.54) is 38.8 Å². The van der Waals surface area contributed by atoms with Crippen LogP contribution in [-0.2, 0) is 4.74 Å². The zero-order chi connectivity index (χ0) is 11.6. The average Bonchev–Trinajstić information content (AvgIpc) is 2.59. The molecule has 94 valence electrons. The predicted molar refractivity (Wildman–Crippen MR) is 66.4 cm³/mol. The molecule has 1 unspecified atom stereocenters. The van der Waals surface area contributed by atoms with Gasteiger partial charge in [0.1, 0.15) is 0 Å². The molecule has 16 heavy (non-hydrogen) atoms. The van der Waals surface area contributed by atoms with Gasteiger partial charge in [0.05, 0.1) is 11.7 Å². The Balaban J connectivity index is 1.71. The summed E-state index contributed by atoms with van der Waals surface area (Å²) in [7, 11) is 0. The van der Waals surface area contributed by atoms with Gasteiger partial charge in [0.25, 0.3) is 0 Å². The van der Waals surface area contributed by atoms with Crippen molar-refractivity contribution in [2.24, 2.45) is 11.7 Å². The number of ether oxygens (including phenoxy) is 1. The molecule has 0 aromatic heterocycles. The molecule has 0 bridgehead atoms. The average molecular weight is 226 g/mol. The molecule has 2 aliphatic heterocycles. The Morgan fingerprint density at radius 2 is 1.94 bits per heavy atom. The fourth-order valence-corrected chi connectivity index (χ4v) is 2.90. The highest BCUT2D eigenvalue weighted by atomic mass is 16.5. The molecule has 0 amide bonds. The quantitative estimate of drug-likeness (QED) is 0.794. The second-order valence-corrected chi connectivity index (χ2v) is 6.02. The molecular formula is C13H26N2O. The van der Waals surface area contributed by atoms with Gasteiger partial charge in [0.2, 0.25) is 0 Å². The highest BCUT2D eigenvalue weighted by molar-refractivity contribution is 4.84. The SMILES string of the molecule is CC1(C)CCC(CN2CCC(CN)CC2)O1. The number of piperidine rings is 1. The van der Waals surface area contributed by atoms with E-state index in [1.54, 1.807) is 0 Å². The molecule has 0 aromatic carbocycles. The van der Waals surface area contributed by atoms with Crippen LogP contribution in [0.15, 0.2) is 0 Å². The van der Waals surface area contributed by atoms with Crippen LogP contribution >= 0.6 is 0 Å². The van der Waals surface area contributed by atoms with Crippen molar-refractivity contribution in [1.82, 2.24) is 4.90 Å². The largest absolute Gasteiger partial charge is 0.371 e. The van der Waals surface area contributed by atoms with Gasteiger partial charge in [-0.1, -0.05) is 0 Å². The van der Waals surface area contributed by atoms with E-state index in [1.807, 2.05) is 0 Å². The third-order valence-corrected chi connectivity index (χ3v) is 4.06. The molecule has 0 aliphatic carbocycles. The highest BCUT2D eigenvalue weighted by Gasteiger charge is 2.33. The Morgan fingerprint density at radius 1 is 1.25 bits per heavy atom. The fraction of sp³-hybridized carbons (Fsp3) is 1.00. The summed E-state index contributed by atoms with van der Waals surface area (Å²) < 4.78 is 6.04. The molecule has 2 saturated heterocycles. The van der Waals surface area contributed by atoms with Gasteiger partial charge in [-0.2, -0.15) is 0 Å². The Labute approximate surface area is 99.3 Å². The van der Waals surface area contributed by atoms with Crippen molar-refractivity contribution in [3.63, 3.8) is 0 Å². The Morgan fingerprint density at radius 3 is 2.44 bits per heavy atom. The molecule has 0 spiro atoms. The van der Waals surface area contributed by atoms with Gasteiger partial charge in [-0.3, -0.25) is 0 Å². The minimum Gasteiger partial charge on any atom is -0.371 e. The second kappa shape index (κ2) is 5.03. The lowest BCUT2D eigenvalue weighted by Crippen LogP contribution is -2.40. The van der Waals surface area contributed by atoms with Crippen LogP contribution in [0.1, 0.15) is 39.5 Å². The van der Waals surface area contributed by atoms with Gasteiger partial charge >= 0.3 is 0 Å². The Bertz CT molecular complexity index is 222. The zero-order valence-corrected chi connectivity index (χ0v) is 10.7. The van der Waals surface area contributed by atoms with Gasteiger partial charge in [-0.05, 0) is 65.1 Å². The van der Waals surface area contributed by atoms with Gasteiger partial charge in [0.15, 0.2) is 0 Å². The first kappa shape index (κ1) is 12.3. The van der Waals surface area contributed by atoms with Crippen molar-refractivity contribution in [3.8, 4) is 0 Å². The standard InChI is InChI=1S/C13H26N2O/c1-13(2)6-3-12(16-13)10-15-7-4-11(9-14)5-8-15/h11-12H,3-10,14H2,1-2H3. The molecule has 1 atom stereocenters. The zero-order valence-electron chi connectivity index (χ0n) is 10.7. The first-order valence-corrected chi connectivity index (χ1v) is 6.69. The predicted octanol–water partition coefficient (Wildman–Crippen LogP) is 1.61. The fourth-order valence-electron chi connectivity index (χ4n) is 2.90. The van der Waals surface area contributed by atoms with Gasteiger partial charge in [-0.15, -0.1) is 0 Å². The lowest BCUT2D eigenvalue weighted by Gasteiger charge is -2.33. The molecular weight excluding hydrogens is 200 g/mol. The van der Waals surface area contributed by atoms with Crippen molar-refractivity contribution in [2.75, 3.05) is 26.2 Å². The highest BCUT2D eigenvalue weighted by Crippen LogP contribution is 2.30. The van der Waals surface area contributed by atoms with Crippen LogP contribution in [0.3, 0.4) is 0 Å². The smallest absolute Gasteiger partial charge is 0.0710 e. The van der Waals surface area contributed by atoms with Crippen LogP contribution in [0.4, 0.5) is 0 Å². The van der Waals surface area contributed by atoms with Gasteiger partial charge in [0, 0.05) is 6.54 Å². The monoisotopic (exact) mass is 226 g/mol. The van der Waals surface area contributed by atoms with Gasteiger partial charge < -0.3 is 15.4 Å². The normalized spacial score (nSPS) is 32.1. The topological polar surface area (TPSA) is 38.5 Å². The maximum Gasteiger partial charge on any atom is 0.0710 e. The molecule has 2 fully saturated rings. The van der Waals surface area contributed by atoms with E-state index in [4.69, 9.17) is 10.5 Å². The lowest BCUT2D eigenvalue weighted by atomic mass is 9.97. The Kier molecular flexibility index (Phi) is 3.88. The van der Waals surface area contributed by atoms with E-state index in [-0.39, 0.29) is 5.60 Å². The third kappa shape index (κ3) is 3.19. The van der Waals surface area contributed by atoms with Crippen molar-refractivity contribution in [1.29, 1.82) is 0 Å².